The summed E-state index contributed by atoms with van der Waals surface area (Å²) in [7, 11) is 0. The van der Waals surface area contributed by atoms with Gasteiger partial charge in [0.15, 0.2) is 0 Å². The van der Waals surface area contributed by atoms with Crippen LogP contribution in [0.5, 0.6) is 0 Å². The van der Waals surface area contributed by atoms with Gasteiger partial charge in [-0.05, 0) is 35.3 Å². The van der Waals surface area contributed by atoms with Crippen molar-refractivity contribution in [2.75, 3.05) is 0 Å². The van der Waals surface area contributed by atoms with Crippen LogP contribution in [0.1, 0.15) is 16.8 Å². The molecule has 0 fully saturated rings. The molecule has 0 atom stereocenters. The third-order valence-electron chi connectivity index (χ3n) is 5.06. The number of imidazole rings is 1. The van der Waals surface area contributed by atoms with Crippen LogP contribution in [0.15, 0.2) is 89.7 Å². The summed E-state index contributed by atoms with van der Waals surface area (Å²) in [4.78, 5) is 21.6. The second-order valence-electron chi connectivity index (χ2n) is 7.07. The van der Waals surface area contributed by atoms with E-state index in [1.54, 1.807) is 23.3 Å². The summed E-state index contributed by atoms with van der Waals surface area (Å²) in [5.41, 5.74) is 4.73. The van der Waals surface area contributed by atoms with E-state index in [0.717, 1.165) is 28.9 Å². The molecular formula is C23H18N6OS. The van der Waals surface area contributed by atoms with E-state index in [0.29, 0.717) is 17.9 Å². The van der Waals surface area contributed by atoms with Crippen LogP contribution in [-0.4, -0.2) is 28.7 Å². The van der Waals surface area contributed by atoms with Gasteiger partial charge in [-0.25, -0.2) is 9.97 Å². The minimum Gasteiger partial charge on any atom is -0.330 e. The molecule has 0 unspecified atom stereocenters. The van der Waals surface area contributed by atoms with Crippen molar-refractivity contribution in [3.63, 3.8) is 0 Å². The van der Waals surface area contributed by atoms with Crippen molar-refractivity contribution in [2.24, 2.45) is 0 Å². The van der Waals surface area contributed by atoms with Gasteiger partial charge < -0.3 is 4.57 Å². The van der Waals surface area contributed by atoms with E-state index in [2.05, 4.69) is 43.8 Å². The van der Waals surface area contributed by atoms with E-state index in [9.17, 15) is 4.79 Å². The van der Waals surface area contributed by atoms with Crippen LogP contribution < -0.4 is 5.56 Å². The number of hydrogen-bond acceptors (Lipinski definition) is 6. The van der Waals surface area contributed by atoms with Gasteiger partial charge in [-0.3, -0.25) is 9.36 Å². The second kappa shape index (κ2) is 8.45. The zero-order chi connectivity index (χ0) is 21.0. The van der Waals surface area contributed by atoms with Gasteiger partial charge in [0.2, 0.25) is 0 Å². The smallest absolute Gasteiger partial charge is 0.261 e. The number of benzene rings is 1. The van der Waals surface area contributed by atoms with Crippen LogP contribution in [0.4, 0.5) is 0 Å². The molecule has 0 aliphatic heterocycles. The molecule has 1 aromatic carbocycles. The minimum absolute atomic E-state index is 0.0814. The minimum atomic E-state index is -0.0814. The topological polar surface area (TPSA) is 78.5 Å². The third-order valence-corrected chi connectivity index (χ3v) is 5.56. The van der Waals surface area contributed by atoms with Gasteiger partial charge in [-0.15, -0.1) is 5.10 Å². The van der Waals surface area contributed by atoms with Gasteiger partial charge in [0, 0.05) is 47.2 Å². The summed E-state index contributed by atoms with van der Waals surface area (Å²) in [6.45, 7) is 0.449. The molecule has 0 N–H and O–H groups in total. The van der Waals surface area contributed by atoms with Crippen LogP contribution in [0.2, 0.25) is 0 Å². The third kappa shape index (κ3) is 4.06. The lowest BCUT2D eigenvalue weighted by molar-refractivity contribution is 0.736. The fraction of sp³-hybridized carbons (Fsp3) is 0.0870. The lowest BCUT2D eigenvalue weighted by atomic mass is 10.1. The van der Waals surface area contributed by atoms with E-state index in [-0.39, 0.29) is 5.56 Å². The predicted octanol–water partition coefficient (Wildman–Crippen LogP) is 3.59. The van der Waals surface area contributed by atoms with E-state index in [4.69, 9.17) is 0 Å². The lowest BCUT2D eigenvalue weighted by Crippen LogP contribution is -2.23. The summed E-state index contributed by atoms with van der Waals surface area (Å²) in [5.74, 6) is 0.607. The van der Waals surface area contributed by atoms with Crippen molar-refractivity contribution in [1.29, 1.82) is 0 Å². The van der Waals surface area contributed by atoms with E-state index < -0.39 is 0 Å². The zero-order valence-corrected chi connectivity index (χ0v) is 17.3. The molecule has 5 aromatic rings. The standard InChI is InChI=1S/C23H18N6OS/c30-23-19(4-3-11-29(23)22-5-1-2-10-25-22)14-28-16-24-13-20(28)12-17-6-8-18(9-7-17)21-15-31-27-26-21/h1-11,13,15-16H,12,14H2. The van der Waals surface area contributed by atoms with Crippen LogP contribution in [-0.2, 0) is 13.0 Å². The summed E-state index contributed by atoms with van der Waals surface area (Å²) in [5, 5.41) is 6.04. The number of aromatic nitrogens is 6. The Labute approximate surface area is 182 Å². The highest BCUT2D eigenvalue weighted by Gasteiger charge is 2.10. The van der Waals surface area contributed by atoms with E-state index in [1.165, 1.54) is 11.5 Å². The molecule has 4 heterocycles. The van der Waals surface area contributed by atoms with Crippen molar-refractivity contribution >= 4 is 11.5 Å². The quantitative estimate of drug-likeness (QED) is 0.415. The van der Waals surface area contributed by atoms with Crippen LogP contribution in [0.3, 0.4) is 0 Å². The molecular weight excluding hydrogens is 408 g/mol. The Morgan fingerprint density at radius 2 is 1.90 bits per heavy atom. The monoisotopic (exact) mass is 426 g/mol. The lowest BCUT2D eigenvalue weighted by Gasteiger charge is -2.10. The summed E-state index contributed by atoms with van der Waals surface area (Å²) in [6.07, 6.45) is 7.75. The van der Waals surface area contributed by atoms with Crippen molar-refractivity contribution in [3.8, 4) is 17.1 Å². The van der Waals surface area contributed by atoms with Gasteiger partial charge in [-0.2, -0.15) is 0 Å². The number of pyridine rings is 2. The van der Waals surface area contributed by atoms with Crippen LogP contribution in [0, 0.1) is 0 Å². The molecule has 0 saturated heterocycles. The van der Waals surface area contributed by atoms with E-state index in [1.807, 2.05) is 46.5 Å². The largest absolute Gasteiger partial charge is 0.330 e. The van der Waals surface area contributed by atoms with E-state index >= 15 is 0 Å². The molecule has 0 radical (unpaired) electrons. The molecule has 31 heavy (non-hydrogen) atoms. The Balaban J connectivity index is 1.37. The highest BCUT2D eigenvalue weighted by Crippen LogP contribution is 2.19. The fourth-order valence-corrected chi connectivity index (χ4v) is 3.92. The molecule has 5 rings (SSSR count). The highest BCUT2D eigenvalue weighted by atomic mass is 32.1. The number of rotatable bonds is 6. The SMILES string of the molecule is O=c1c(Cn2cncc2Cc2ccc(-c3csnn3)cc2)cccn1-c1ccccn1. The molecule has 0 spiro atoms. The first-order chi connectivity index (χ1) is 15.3. The summed E-state index contributed by atoms with van der Waals surface area (Å²) >= 11 is 1.34. The molecule has 0 amide bonds. The Morgan fingerprint density at radius 1 is 1.00 bits per heavy atom. The van der Waals surface area contributed by atoms with Crippen LogP contribution in [0.25, 0.3) is 17.1 Å². The number of hydrogen-bond donors (Lipinski definition) is 0. The second-order valence-corrected chi connectivity index (χ2v) is 7.68. The van der Waals surface area contributed by atoms with Crippen LogP contribution >= 0.6 is 11.5 Å². The molecule has 152 valence electrons. The molecule has 7 nitrogen and oxygen atoms in total. The Bertz CT molecular complexity index is 1340. The predicted molar refractivity (Wildman–Crippen MR) is 119 cm³/mol. The maximum absolute atomic E-state index is 13.0. The summed E-state index contributed by atoms with van der Waals surface area (Å²) < 4.78 is 7.49. The Morgan fingerprint density at radius 3 is 2.68 bits per heavy atom. The van der Waals surface area contributed by atoms with Gasteiger partial charge in [0.1, 0.15) is 11.5 Å². The van der Waals surface area contributed by atoms with Crippen molar-refractivity contribution in [2.45, 2.75) is 13.0 Å². The molecule has 0 bridgehead atoms. The molecule has 0 aliphatic rings. The maximum atomic E-state index is 13.0. The molecule has 0 saturated carbocycles. The van der Waals surface area contributed by atoms with Gasteiger partial charge >= 0.3 is 0 Å². The molecule has 0 aliphatic carbocycles. The van der Waals surface area contributed by atoms with Gasteiger partial charge in [0.25, 0.3) is 5.56 Å². The average Bonchev–Trinajstić information content (AvgIpc) is 3.49. The van der Waals surface area contributed by atoms with Gasteiger partial charge in [-0.1, -0.05) is 40.9 Å². The normalized spacial score (nSPS) is 11.0. The summed E-state index contributed by atoms with van der Waals surface area (Å²) in [6, 6.07) is 17.5. The first-order valence-electron chi connectivity index (χ1n) is 9.75. The van der Waals surface area contributed by atoms with Crippen molar-refractivity contribution in [3.05, 3.63) is 112 Å². The van der Waals surface area contributed by atoms with Crippen molar-refractivity contribution in [1.82, 2.24) is 28.7 Å². The maximum Gasteiger partial charge on any atom is 0.261 e. The first kappa shape index (κ1) is 19.1. The first-order valence-corrected chi connectivity index (χ1v) is 10.6. The number of nitrogens with zero attached hydrogens (tertiary/aromatic N) is 6. The van der Waals surface area contributed by atoms with Gasteiger partial charge in [0.05, 0.1) is 12.9 Å². The average molecular weight is 427 g/mol. The van der Waals surface area contributed by atoms with Crippen molar-refractivity contribution < 1.29 is 0 Å². The Kier molecular flexibility index (Phi) is 5.20. The zero-order valence-electron chi connectivity index (χ0n) is 16.5. The highest BCUT2D eigenvalue weighted by molar-refractivity contribution is 7.03. The molecule has 4 aromatic heterocycles. The molecule has 8 heteroatoms. The Hall–Kier alpha value is -3.91. The fourth-order valence-electron chi connectivity index (χ4n) is 3.45.